The lowest BCUT2D eigenvalue weighted by atomic mass is 10.1. The minimum atomic E-state index is -1.87. The van der Waals surface area contributed by atoms with Gasteiger partial charge in [0.15, 0.2) is 8.32 Å². The molecule has 0 heterocycles. The normalized spacial score (nSPS) is 13.2. The van der Waals surface area contributed by atoms with Crippen LogP contribution in [0.1, 0.15) is 66.2 Å². The number of nitriles is 1. The van der Waals surface area contributed by atoms with Crippen LogP contribution in [0.25, 0.3) is 0 Å². The number of hydrogen-bond donors (Lipinski definition) is 0. The predicted molar refractivity (Wildman–Crippen MR) is 88.8 cm³/mol. The molecule has 0 aliphatic heterocycles. The summed E-state index contributed by atoms with van der Waals surface area (Å²) in [7, 11) is -1.87. The van der Waals surface area contributed by atoms with Crippen LogP contribution in [0.5, 0.6) is 0 Å². The largest absolute Gasteiger partial charge is 0.401 e. The van der Waals surface area contributed by atoms with E-state index in [1.807, 2.05) is 0 Å². The van der Waals surface area contributed by atoms with Gasteiger partial charge in [0.05, 0.1) is 6.07 Å². The molecule has 0 aliphatic rings. The molecule has 114 valence electrons. The lowest BCUT2D eigenvalue weighted by Crippen LogP contribution is -2.43. The zero-order chi connectivity index (χ0) is 15.6. The number of rotatable bonds is 7. The number of nitrogens with zero attached hydrogens (tertiary/aromatic N) is 1. The van der Waals surface area contributed by atoms with Crippen molar-refractivity contribution in [3.63, 3.8) is 0 Å². The van der Waals surface area contributed by atoms with Gasteiger partial charge in [-0.25, -0.2) is 0 Å². The summed E-state index contributed by atoms with van der Waals surface area (Å²) in [5.74, 6) is 6.28. The molecule has 0 saturated heterocycles. The van der Waals surface area contributed by atoms with Crippen LogP contribution in [0, 0.1) is 23.2 Å². The second-order valence-electron chi connectivity index (χ2n) is 6.86. The highest BCUT2D eigenvalue weighted by atomic mass is 28.4. The first kappa shape index (κ1) is 19.2. The molecule has 0 N–H and O–H groups in total. The van der Waals surface area contributed by atoms with Crippen LogP contribution in [-0.4, -0.2) is 14.4 Å². The van der Waals surface area contributed by atoms with Crippen LogP contribution in [0.4, 0.5) is 0 Å². The Balaban J connectivity index is 4.19. The summed E-state index contributed by atoms with van der Waals surface area (Å²) in [5.41, 5.74) is 0. The average Bonchev–Trinajstić information content (AvgIpc) is 2.34. The minimum absolute atomic E-state index is 0.135. The van der Waals surface area contributed by atoms with Gasteiger partial charge in [-0.1, -0.05) is 52.9 Å². The number of hydrogen-bond acceptors (Lipinski definition) is 2. The Kier molecular flexibility index (Phi) is 8.86. The molecule has 20 heavy (non-hydrogen) atoms. The van der Waals surface area contributed by atoms with Crippen molar-refractivity contribution >= 4 is 8.32 Å². The van der Waals surface area contributed by atoms with Crippen molar-refractivity contribution in [3.05, 3.63) is 0 Å². The van der Waals surface area contributed by atoms with Gasteiger partial charge in [0, 0.05) is 12.8 Å². The van der Waals surface area contributed by atoms with Crippen molar-refractivity contribution in [3.8, 4) is 17.9 Å². The van der Waals surface area contributed by atoms with Crippen LogP contribution >= 0.6 is 0 Å². The van der Waals surface area contributed by atoms with Crippen molar-refractivity contribution in [2.45, 2.75) is 90.5 Å². The molecular weight excluding hydrogens is 262 g/mol. The van der Waals surface area contributed by atoms with Gasteiger partial charge in [-0.3, -0.25) is 0 Å². The topological polar surface area (TPSA) is 33.0 Å². The first-order valence-electron chi connectivity index (χ1n) is 7.77. The van der Waals surface area contributed by atoms with Gasteiger partial charge in [0.1, 0.15) is 6.10 Å². The molecular formula is C17H31NOSi. The monoisotopic (exact) mass is 293 g/mol. The minimum Gasteiger partial charge on any atom is -0.401 e. The summed E-state index contributed by atoms with van der Waals surface area (Å²) >= 11 is 0. The maximum atomic E-state index is 9.21. The third-order valence-corrected chi connectivity index (χ3v) is 8.44. The van der Waals surface area contributed by atoms with Gasteiger partial charge in [0.2, 0.25) is 0 Å². The Labute approximate surface area is 127 Å². The lowest BCUT2D eigenvalue weighted by molar-refractivity contribution is 0.236. The molecule has 2 nitrogen and oxygen atoms in total. The molecule has 0 fully saturated rings. The van der Waals surface area contributed by atoms with E-state index in [0.717, 1.165) is 6.42 Å². The number of unbranched alkanes of at least 4 members (excludes halogenated alkanes) is 4. The van der Waals surface area contributed by atoms with Crippen LogP contribution in [-0.2, 0) is 4.43 Å². The van der Waals surface area contributed by atoms with Crippen LogP contribution in [0.3, 0.4) is 0 Å². The van der Waals surface area contributed by atoms with E-state index < -0.39 is 8.32 Å². The van der Waals surface area contributed by atoms with Crippen molar-refractivity contribution in [1.29, 1.82) is 5.26 Å². The predicted octanol–water partition coefficient (Wildman–Crippen LogP) is 5.26. The summed E-state index contributed by atoms with van der Waals surface area (Å²) in [6.45, 7) is 13.1. The van der Waals surface area contributed by atoms with Gasteiger partial charge < -0.3 is 4.43 Å². The van der Waals surface area contributed by atoms with E-state index in [9.17, 15) is 5.26 Å². The molecule has 1 unspecified atom stereocenters. The highest BCUT2D eigenvalue weighted by molar-refractivity contribution is 6.74. The van der Waals surface area contributed by atoms with Gasteiger partial charge in [0.25, 0.3) is 0 Å². The second kappa shape index (κ2) is 9.22. The van der Waals surface area contributed by atoms with E-state index in [0.29, 0.717) is 6.42 Å². The molecule has 0 amide bonds. The van der Waals surface area contributed by atoms with Crippen LogP contribution < -0.4 is 0 Å². The van der Waals surface area contributed by atoms with Crippen molar-refractivity contribution < 1.29 is 4.43 Å². The van der Waals surface area contributed by atoms with Gasteiger partial charge in [-0.15, -0.1) is 5.92 Å². The second-order valence-corrected chi connectivity index (χ2v) is 11.6. The summed E-state index contributed by atoms with van der Waals surface area (Å²) in [6, 6.07) is 2.25. The molecule has 1 atom stereocenters. The molecule has 0 aliphatic carbocycles. The molecule has 0 aromatic rings. The first-order valence-corrected chi connectivity index (χ1v) is 10.7. The van der Waals surface area contributed by atoms with E-state index in [1.54, 1.807) is 0 Å². The molecule has 3 heteroatoms. The highest BCUT2D eigenvalue weighted by Gasteiger charge is 2.39. The van der Waals surface area contributed by atoms with Gasteiger partial charge in [-0.2, -0.15) is 5.26 Å². The smallest absolute Gasteiger partial charge is 0.193 e. The van der Waals surface area contributed by atoms with Crippen molar-refractivity contribution in [1.82, 2.24) is 0 Å². The molecule has 0 radical (unpaired) electrons. The molecule has 0 bridgehead atoms. The average molecular weight is 294 g/mol. The van der Waals surface area contributed by atoms with E-state index in [1.165, 1.54) is 25.7 Å². The Bertz CT molecular complexity index is 365. The fourth-order valence-electron chi connectivity index (χ4n) is 1.54. The van der Waals surface area contributed by atoms with Crippen LogP contribution in [0.15, 0.2) is 0 Å². The standard InChI is InChI=1S/C17H31NOSi/c1-7-8-9-10-11-12-13-14-16(15-18)19-20(5,6)17(2,3)4/h16H,7-11,14H2,1-6H3. The third kappa shape index (κ3) is 7.73. The van der Waals surface area contributed by atoms with E-state index in [4.69, 9.17) is 4.43 Å². The van der Waals surface area contributed by atoms with E-state index in [2.05, 4.69) is 58.7 Å². The summed E-state index contributed by atoms with van der Waals surface area (Å²) < 4.78 is 6.07. The SMILES string of the molecule is CCCCCCC#CCC(C#N)O[Si](C)(C)C(C)(C)C. The maximum Gasteiger partial charge on any atom is 0.193 e. The third-order valence-electron chi connectivity index (χ3n) is 3.95. The quantitative estimate of drug-likeness (QED) is 0.364. The Morgan fingerprint density at radius 1 is 1.10 bits per heavy atom. The van der Waals surface area contributed by atoms with E-state index in [-0.39, 0.29) is 11.1 Å². The molecule has 0 aromatic carbocycles. The maximum absolute atomic E-state index is 9.21. The molecule has 0 saturated carbocycles. The zero-order valence-electron chi connectivity index (χ0n) is 14.2. The molecule has 0 rings (SSSR count). The summed E-state index contributed by atoms with van der Waals surface area (Å²) in [4.78, 5) is 0. The molecule has 0 spiro atoms. The fraction of sp³-hybridized carbons (Fsp3) is 0.824. The fourth-order valence-corrected chi connectivity index (χ4v) is 2.74. The first-order chi connectivity index (χ1) is 9.24. The van der Waals surface area contributed by atoms with Crippen molar-refractivity contribution in [2.24, 2.45) is 0 Å². The summed E-state index contributed by atoms with van der Waals surface area (Å²) in [5, 5.41) is 9.34. The Hall–Kier alpha value is -0.773. The summed E-state index contributed by atoms with van der Waals surface area (Å²) in [6.07, 6.45) is 6.07. The van der Waals surface area contributed by atoms with Crippen molar-refractivity contribution in [2.75, 3.05) is 0 Å². The lowest BCUT2D eigenvalue weighted by Gasteiger charge is -2.37. The Morgan fingerprint density at radius 2 is 1.75 bits per heavy atom. The van der Waals surface area contributed by atoms with Gasteiger partial charge >= 0.3 is 0 Å². The zero-order valence-corrected chi connectivity index (χ0v) is 15.2. The van der Waals surface area contributed by atoms with E-state index >= 15 is 0 Å². The molecule has 0 aromatic heterocycles. The van der Waals surface area contributed by atoms with Gasteiger partial charge in [-0.05, 0) is 24.6 Å². The highest BCUT2D eigenvalue weighted by Crippen LogP contribution is 2.37. The van der Waals surface area contributed by atoms with Crippen LogP contribution in [0.2, 0.25) is 18.1 Å². The Morgan fingerprint density at radius 3 is 2.25 bits per heavy atom.